The van der Waals surface area contributed by atoms with Crippen molar-refractivity contribution in [2.75, 3.05) is 6.54 Å². The second kappa shape index (κ2) is 6.48. The summed E-state index contributed by atoms with van der Waals surface area (Å²) in [4.78, 5) is 0. The molecule has 1 aromatic heterocycles. The van der Waals surface area contributed by atoms with E-state index in [2.05, 4.69) is 30.5 Å². The van der Waals surface area contributed by atoms with Gasteiger partial charge in [-0.05, 0) is 30.7 Å². The van der Waals surface area contributed by atoms with Crippen LogP contribution in [0.5, 0.6) is 0 Å². The molecule has 0 saturated heterocycles. The molecule has 2 aromatic rings. The normalized spacial score (nSPS) is 12.6. The molecular weight excluding hydrogens is 241 g/mol. The first kappa shape index (κ1) is 13.7. The third-order valence-electron chi connectivity index (χ3n) is 3.05. The molecule has 0 saturated carbocycles. The molecule has 1 unspecified atom stereocenters. The van der Waals surface area contributed by atoms with E-state index in [0.717, 1.165) is 30.6 Å². The van der Waals surface area contributed by atoms with Crippen LogP contribution in [-0.4, -0.2) is 16.3 Å². The molecule has 0 amide bonds. The summed E-state index contributed by atoms with van der Waals surface area (Å²) in [5.41, 5.74) is 2.17. The minimum absolute atomic E-state index is 0.0659. The SMILES string of the molecule is CCCn1cc(C(NCC)c2ccc(F)cc2)cn1. The minimum Gasteiger partial charge on any atom is -0.306 e. The Balaban J connectivity index is 2.25. The van der Waals surface area contributed by atoms with Crippen LogP contribution in [0.2, 0.25) is 0 Å². The number of aryl methyl sites for hydroxylation is 1. The zero-order chi connectivity index (χ0) is 13.7. The molecule has 1 atom stereocenters. The summed E-state index contributed by atoms with van der Waals surface area (Å²) in [6.45, 7) is 5.96. The van der Waals surface area contributed by atoms with Crippen molar-refractivity contribution < 1.29 is 4.39 Å². The first-order valence-electron chi connectivity index (χ1n) is 6.75. The fourth-order valence-electron chi connectivity index (χ4n) is 2.17. The van der Waals surface area contributed by atoms with E-state index in [1.54, 1.807) is 0 Å². The van der Waals surface area contributed by atoms with Crippen LogP contribution in [0.25, 0.3) is 0 Å². The van der Waals surface area contributed by atoms with Crippen LogP contribution in [0.3, 0.4) is 0 Å². The van der Waals surface area contributed by atoms with Gasteiger partial charge in [0.05, 0.1) is 12.2 Å². The van der Waals surface area contributed by atoms with Gasteiger partial charge >= 0.3 is 0 Å². The quantitative estimate of drug-likeness (QED) is 0.865. The Kier molecular flexibility index (Phi) is 4.68. The van der Waals surface area contributed by atoms with Gasteiger partial charge in [-0.1, -0.05) is 26.0 Å². The monoisotopic (exact) mass is 261 g/mol. The summed E-state index contributed by atoms with van der Waals surface area (Å²) in [5.74, 6) is -0.208. The van der Waals surface area contributed by atoms with Gasteiger partial charge in [-0.3, -0.25) is 4.68 Å². The van der Waals surface area contributed by atoms with E-state index in [1.165, 1.54) is 12.1 Å². The lowest BCUT2D eigenvalue weighted by molar-refractivity contribution is 0.596. The first-order valence-corrected chi connectivity index (χ1v) is 6.75. The predicted molar refractivity (Wildman–Crippen MR) is 74.4 cm³/mol. The summed E-state index contributed by atoms with van der Waals surface area (Å²) in [6, 6.07) is 6.70. The van der Waals surface area contributed by atoms with Crippen LogP contribution in [0.4, 0.5) is 4.39 Å². The number of hydrogen-bond acceptors (Lipinski definition) is 2. The van der Waals surface area contributed by atoms with Crippen LogP contribution in [0, 0.1) is 5.82 Å². The van der Waals surface area contributed by atoms with Gasteiger partial charge in [-0.25, -0.2) is 4.39 Å². The number of benzene rings is 1. The van der Waals surface area contributed by atoms with Gasteiger partial charge in [-0.15, -0.1) is 0 Å². The maximum atomic E-state index is 13.0. The Hall–Kier alpha value is -1.68. The molecule has 0 spiro atoms. The van der Waals surface area contributed by atoms with Crippen molar-refractivity contribution in [2.45, 2.75) is 32.9 Å². The van der Waals surface area contributed by atoms with E-state index < -0.39 is 0 Å². The van der Waals surface area contributed by atoms with E-state index in [9.17, 15) is 4.39 Å². The zero-order valence-electron chi connectivity index (χ0n) is 11.4. The fourth-order valence-corrected chi connectivity index (χ4v) is 2.17. The number of rotatable bonds is 6. The van der Waals surface area contributed by atoms with Crippen LogP contribution >= 0.6 is 0 Å². The molecular formula is C15H20FN3. The van der Waals surface area contributed by atoms with Crippen LogP contribution < -0.4 is 5.32 Å². The van der Waals surface area contributed by atoms with Gasteiger partial charge in [0, 0.05) is 18.3 Å². The van der Waals surface area contributed by atoms with Gasteiger partial charge in [-0.2, -0.15) is 5.10 Å². The Morgan fingerprint density at radius 3 is 2.58 bits per heavy atom. The molecule has 0 fully saturated rings. The van der Waals surface area contributed by atoms with E-state index in [-0.39, 0.29) is 11.9 Å². The second-order valence-electron chi connectivity index (χ2n) is 4.58. The lowest BCUT2D eigenvalue weighted by Crippen LogP contribution is -2.21. The highest BCUT2D eigenvalue weighted by atomic mass is 19.1. The highest BCUT2D eigenvalue weighted by molar-refractivity contribution is 5.29. The maximum absolute atomic E-state index is 13.0. The highest BCUT2D eigenvalue weighted by Crippen LogP contribution is 2.21. The number of hydrogen-bond donors (Lipinski definition) is 1. The number of aromatic nitrogens is 2. The Bertz CT molecular complexity index is 504. The molecule has 1 aromatic carbocycles. The van der Waals surface area contributed by atoms with E-state index in [1.807, 2.05) is 23.0 Å². The number of nitrogens with one attached hydrogen (secondary N) is 1. The molecule has 3 nitrogen and oxygen atoms in total. The van der Waals surface area contributed by atoms with Gasteiger partial charge in [0.2, 0.25) is 0 Å². The van der Waals surface area contributed by atoms with Crippen LogP contribution in [-0.2, 0) is 6.54 Å². The van der Waals surface area contributed by atoms with Gasteiger partial charge < -0.3 is 5.32 Å². The van der Waals surface area contributed by atoms with Gasteiger partial charge in [0.25, 0.3) is 0 Å². The molecule has 4 heteroatoms. The summed E-state index contributed by atoms with van der Waals surface area (Å²) >= 11 is 0. The van der Waals surface area contributed by atoms with Crippen LogP contribution in [0.1, 0.15) is 37.4 Å². The molecule has 1 heterocycles. The number of halogens is 1. The number of nitrogens with zero attached hydrogens (tertiary/aromatic N) is 2. The molecule has 0 aliphatic rings. The van der Waals surface area contributed by atoms with Gasteiger partial charge in [0.15, 0.2) is 0 Å². The van der Waals surface area contributed by atoms with E-state index >= 15 is 0 Å². The average molecular weight is 261 g/mol. The third-order valence-corrected chi connectivity index (χ3v) is 3.05. The molecule has 102 valence electrons. The first-order chi connectivity index (χ1) is 9.24. The summed E-state index contributed by atoms with van der Waals surface area (Å²) in [6.07, 6.45) is 5.00. The minimum atomic E-state index is -0.208. The average Bonchev–Trinajstić information content (AvgIpc) is 2.86. The summed E-state index contributed by atoms with van der Waals surface area (Å²) in [7, 11) is 0. The molecule has 0 radical (unpaired) electrons. The Labute approximate surface area is 113 Å². The van der Waals surface area contributed by atoms with Gasteiger partial charge in [0.1, 0.15) is 5.82 Å². The molecule has 0 aliphatic carbocycles. The standard InChI is InChI=1S/C15H20FN3/c1-3-9-19-11-13(10-18-19)15(17-4-2)12-5-7-14(16)8-6-12/h5-8,10-11,15,17H,3-4,9H2,1-2H3. The lowest BCUT2D eigenvalue weighted by Gasteiger charge is -2.16. The molecule has 2 rings (SSSR count). The topological polar surface area (TPSA) is 29.9 Å². The molecule has 0 aliphatic heterocycles. The summed E-state index contributed by atoms with van der Waals surface area (Å²) < 4.78 is 15.0. The molecule has 1 N–H and O–H groups in total. The zero-order valence-corrected chi connectivity index (χ0v) is 11.4. The van der Waals surface area contributed by atoms with Crippen molar-refractivity contribution in [3.05, 3.63) is 53.6 Å². The molecule has 19 heavy (non-hydrogen) atoms. The fraction of sp³-hybridized carbons (Fsp3) is 0.400. The molecule has 0 bridgehead atoms. The second-order valence-corrected chi connectivity index (χ2v) is 4.58. The Morgan fingerprint density at radius 2 is 1.95 bits per heavy atom. The van der Waals surface area contributed by atoms with E-state index in [4.69, 9.17) is 0 Å². The summed E-state index contributed by atoms with van der Waals surface area (Å²) in [5, 5.41) is 7.77. The van der Waals surface area contributed by atoms with Crippen molar-refractivity contribution >= 4 is 0 Å². The predicted octanol–water partition coefficient (Wildman–Crippen LogP) is 3.13. The largest absolute Gasteiger partial charge is 0.306 e. The van der Waals surface area contributed by atoms with Crippen LogP contribution in [0.15, 0.2) is 36.7 Å². The van der Waals surface area contributed by atoms with Crippen molar-refractivity contribution in [3.8, 4) is 0 Å². The van der Waals surface area contributed by atoms with Crippen molar-refractivity contribution in [2.24, 2.45) is 0 Å². The smallest absolute Gasteiger partial charge is 0.123 e. The van der Waals surface area contributed by atoms with E-state index in [0.29, 0.717) is 0 Å². The van der Waals surface area contributed by atoms with Crippen molar-refractivity contribution in [1.29, 1.82) is 0 Å². The van der Waals surface area contributed by atoms with Crippen molar-refractivity contribution in [3.63, 3.8) is 0 Å². The highest BCUT2D eigenvalue weighted by Gasteiger charge is 2.14. The Morgan fingerprint density at radius 1 is 1.21 bits per heavy atom. The third kappa shape index (κ3) is 3.41. The van der Waals surface area contributed by atoms with Crippen molar-refractivity contribution in [1.82, 2.24) is 15.1 Å². The lowest BCUT2D eigenvalue weighted by atomic mass is 10.0. The maximum Gasteiger partial charge on any atom is 0.123 e.